The van der Waals surface area contributed by atoms with Crippen molar-refractivity contribution >= 4 is 11.3 Å². The average Bonchev–Trinajstić information content (AvgIpc) is 2.80. The van der Waals surface area contributed by atoms with Crippen molar-refractivity contribution < 1.29 is 0 Å². The van der Waals surface area contributed by atoms with Gasteiger partial charge in [0.05, 0.1) is 0 Å². The molecule has 0 aromatic carbocycles. The van der Waals surface area contributed by atoms with Gasteiger partial charge in [-0.15, -0.1) is 21.5 Å². The second-order valence-corrected chi connectivity index (χ2v) is 6.29. The molecule has 0 radical (unpaired) electrons. The van der Waals surface area contributed by atoms with E-state index < -0.39 is 0 Å². The van der Waals surface area contributed by atoms with E-state index in [0.717, 1.165) is 19.5 Å². The molecule has 1 fully saturated rings. The van der Waals surface area contributed by atoms with E-state index in [4.69, 9.17) is 0 Å². The maximum atomic E-state index is 4.43. The van der Waals surface area contributed by atoms with Crippen LogP contribution in [0, 0.1) is 0 Å². The summed E-state index contributed by atoms with van der Waals surface area (Å²) in [6.45, 7) is 6.54. The minimum Gasteiger partial charge on any atom is -0.317 e. The van der Waals surface area contributed by atoms with Gasteiger partial charge in [0.15, 0.2) is 0 Å². The fraction of sp³-hybridized carbons (Fsp3) is 0.846. The average molecular weight is 253 g/mol. The maximum absolute atomic E-state index is 4.43. The molecule has 0 saturated heterocycles. The fourth-order valence-corrected chi connectivity index (χ4v) is 3.56. The summed E-state index contributed by atoms with van der Waals surface area (Å²) >= 11 is 1.83. The summed E-state index contributed by atoms with van der Waals surface area (Å²) < 4.78 is 0. The third-order valence-corrected chi connectivity index (χ3v) is 5.00. The van der Waals surface area contributed by atoms with Gasteiger partial charge >= 0.3 is 0 Å². The van der Waals surface area contributed by atoms with Crippen LogP contribution < -0.4 is 5.32 Å². The lowest BCUT2D eigenvalue weighted by Gasteiger charge is -2.30. The summed E-state index contributed by atoms with van der Waals surface area (Å²) in [7, 11) is 0. The smallest absolute Gasteiger partial charge is 0.123 e. The topological polar surface area (TPSA) is 37.8 Å². The number of nitrogens with zero attached hydrogens (tertiary/aromatic N) is 2. The van der Waals surface area contributed by atoms with Crippen LogP contribution in [0.5, 0.6) is 0 Å². The first-order chi connectivity index (χ1) is 8.24. The van der Waals surface area contributed by atoms with Gasteiger partial charge in [-0.1, -0.05) is 33.1 Å². The predicted molar refractivity (Wildman–Crippen MR) is 72.6 cm³/mol. The standard InChI is InChI=1S/C13H23N3S/c1-3-14-10-7-11-15-16-12(17-11)13(2)8-5-4-6-9-13/h14H,3-10H2,1-2H3. The Kier molecular flexibility index (Phi) is 4.51. The van der Waals surface area contributed by atoms with Crippen LogP contribution in [0.15, 0.2) is 0 Å². The highest BCUT2D eigenvalue weighted by Gasteiger charge is 2.32. The van der Waals surface area contributed by atoms with E-state index in [-0.39, 0.29) is 0 Å². The van der Waals surface area contributed by atoms with Crippen molar-refractivity contribution in [3.63, 3.8) is 0 Å². The van der Waals surface area contributed by atoms with Crippen molar-refractivity contribution in [1.29, 1.82) is 0 Å². The molecule has 17 heavy (non-hydrogen) atoms. The number of likely N-dealkylation sites (N-methyl/N-ethyl adjacent to an activating group) is 1. The van der Waals surface area contributed by atoms with Gasteiger partial charge in [0.2, 0.25) is 0 Å². The van der Waals surface area contributed by atoms with Gasteiger partial charge in [-0.25, -0.2) is 0 Å². The molecule has 1 saturated carbocycles. The van der Waals surface area contributed by atoms with Gasteiger partial charge in [0.1, 0.15) is 10.0 Å². The number of hydrogen-bond donors (Lipinski definition) is 1. The Morgan fingerprint density at radius 3 is 2.71 bits per heavy atom. The molecular weight excluding hydrogens is 230 g/mol. The first kappa shape index (κ1) is 13.0. The van der Waals surface area contributed by atoms with Gasteiger partial charge in [-0.2, -0.15) is 0 Å². The molecule has 1 aliphatic carbocycles. The predicted octanol–water partition coefficient (Wildman–Crippen LogP) is 2.91. The lowest BCUT2D eigenvalue weighted by Crippen LogP contribution is -2.24. The highest BCUT2D eigenvalue weighted by Crippen LogP contribution is 2.40. The van der Waals surface area contributed by atoms with Crippen molar-refractivity contribution in [3.8, 4) is 0 Å². The van der Waals surface area contributed by atoms with E-state index in [1.807, 2.05) is 11.3 Å². The highest BCUT2D eigenvalue weighted by atomic mass is 32.1. The summed E-state index contributed by atoms with van der Waals surface area (Å²) in [5.74, 6) is 0. The summed E-state index contributed by atoms with van der Waals surface area (Å²) in [6.07, 6.45) is 7.68. The molecule has 0 atom stereocenters. The summed E-state index contributed by atoms with van der Waals surface area (Å²) in [4.78, 5) is 0. The molecule has 1 aromatic rings. The van der Waals surface area contributed by atoms with Crippen LogP contribution in [0.3, 0.4) is 0 Å². The van der Waals surface area contributed by atoms with Gasteiger partial charge in [0.25, 0.3) is 0 Å². The van der Waals surface area contributed by atoms with Crippen LogP contribution in [-0.4, -0.2) is 23.3 Å². The Hall–Kier alpha value is -0.480. The van der Waals surface area contributed by atoms with Crippen molar-refractivity contribution in [3.05, 3.63) is 10.0 Å². The van der Waals surface area contributed by atoms with Gasteiger partial charge < -0.3 is 5.32 Å². The minimum atomic E-state index is 0.312. The highest BCUT2D eigenvalue weighted by molar-refractivity contribution is 7.11. The molecule has 3 nitrogen and oxygen atoms in total. The van der Waals surface area contributed by atoms with Crippen LogP contribution in [0.2, 0.25) is 0 Å². The molecule has 0 amide bonds. The van der Waals surface area contributed by atoms with E-state index >= 15 is 0 Å². The molecule has 96 valence electrons. The Bertz CT molecular complexity index is 342. The zero-order chi connectivity index (χ0) is 12.1. The number of rotatable bonds is 5. The second kappa shape index (κ2) is 5.91. The van der Waals surface area contributed by atoms with Crippen LogP contribution in [0.1, 0.15) is 56.0 Å². The molecule has 1 N–H and O–H groups in total. The van der Waals surface area contributed by atoms with Crippen LogP contribution in [-0.2, 0) is 11.8 Å². The Morgan fingerprint density at radius 2 is 2.00 bits per heavy atom. The quantitative estimate of drug-likeness (QED) is 0.820. The normalized spacial score (nSPS) is 19.4. The Morgan fingerprint density at radius 1 is 1.24 bits per heavy atom. The largest absolute Gasteiger partial charge is 0.317 e. The van der Waals surface area contributed by atoms with Gasteiger partial charge in [-0.3, -0.25) is 0 Å². The van der Waals surface area contributed by atoms with E-state index in [0.29, 0.717) is 5.41 Å². The van der Waals surface area contributed by atoms with E-state index in [1.54, 1.807) is 0 Å². The number of hydrogen-bond acceptors (Lipinski definition) is 4. The zero-order valence-electron chi connectivity index (χ0n) is 11.0. The van der Waals surface area contributed by atoms with Crippen LogP contribution in [0.25, 0.3) is 0 Å². The first-order valence-electron chi connectivity index (χ1n) is 6.78. The van der Waals surface area contributed by atoms with E-state index in [9.17, 15) is 0 Å². The Balaban J connectivity index is 1.96. The summed E-state index contributed by atoms with van der Waals surface area (Å²) in [6, 6.07) is 0. The summed E-state index contributed by atoms with van der Waals surface area (Å²) in [5, 5.41) is 14.6. The van der Waals surface area contributed by atoms with Crippen LogP contribution in [0.4, 0.5) is 0 Å². The second-order valence-electron chi connectivity index (χ2n) is 5.23. The van der Waals surface area contributed by atoms with Gasteiger partial charge in [-0.05, 0) is 19.4 Å². The molecule has 1 heterocycles. The Labute approximate surface area is 108 Å². The lowest BCUT2D eigenvalue weighted by atomic mass is 9.76. The van der Waals surface area contributed by atoms with Crippen LogP contribution >= 0.6 is 11.3 Å². The SMILES string of the molecule is CCNCCc1nnc(C2(C)CCCCC2)s1. The molecular formula is C13H23N3S. The third-order valence-electron chi connectivity index (χ3n) is 3.71. The third kappa shape index (κ3) is 3.26. The van der Waals surface area contributed by atoms with E-state index in [2.05, 4.69) is 29.4 Å². The van der Waals surface area contributed by atoms with Crippen molar-refractivity contribution in [2.75, 3.05) is 13.1 Å². The van der Waals surface area contributed by atoms with Crippen molar-refractivity contribution in [1.82, 2.24) is 15.5 Å². The molecule has 0 bridgehead atoms. The molecule has 1 aromatic heterocycles. The zero-order valence-corrected chi connectivity index (χ0v) is 11.8. The first-order valence-corrected chi connectivity index (χ1v) is 7.60. The minimum absolute atomic E-state index is 0.312. The number of nitrogens with one attached hydrogen (secondary N) is 1. The lowest BCUT2D eigenvalue weighted by molar-refractivity contribution is 0.317. The molecule has 0 spiro atoms. The molecule has 0 aliphatic heterocycles. The molecule has 4 heteroatoms. The number of aromatic nitrogens is 2. The molecule has 1 aliphatic rings. The summed E-state index contributed by atoms with van der Waals surface area (Å²) in [5.41, 5.74) is 0.312. The van der Waals surface area contributed by atoms with Crippen molar-refractivity contribution in [2.24, 2.45) is 0 Å². The van der Waals surface area contributed by atoms with Crippen molar-refractivity contribution in [2.45, 2.75) is 57.8 Å². The molecule has 0 unspecified atom stereocenters. The monoisotopic (exact) mass is 253 g/mol. The molecule has 2 rings (SSSR count). The maximum Gasteiger partial charge on any atom is 0.123 e. The van der Waals surface area contributed by atoms with Gasteiger partial charge in [0, 0.05) is 18.4 Å². The van der Waals surface area contributed by atoms with E-state index in [1.165, 1.54) is 42.1 Å². The fourth-order valence-electron chi connectivity index (χ4n) is 2.52.